The van der Waals surface area contributed by atoms with Crippen LogP contribution in [0.4, 0.5) is 0 Å². The first-order valence-corrected chi connectivity index (χ1v) is 6.20. The zero-order valence-corrected chi connectivity index (χ0v) is 10.6. The van der Waals surface area contributed by atoms with Crippen molar-refractivity contribution in [3.63, 3.8) is 0 Å². The maximum absolute atomic E-state index is 11.9. The number of rotatable bonds is 3. The fraction of sp³-hybridized carbons (Fsp3) is 0.500. The first-order valence-electron chi connectivity index (χ1n) is 6.20. The number of carbonyl (C=O) groups excluding carboxylic acids is 1. The summed E-state index contributed by atoms with van der Waals surface area (Å²) in [6.07, 6.45) is 2.01. The van der Waals surface area contributed by atoms with Gasteiger partial charge in [0, 0.05) is 11.6 Å². The molecule has 0 saturated heterocycles. The lowest BCUT2D eigenvalue weighted by atomic mass is 9.94. The van der Waals surface area contributed by atoms with E-state index in [1.165, 1.54) is 0 Å². The van der Waals surface area contributed by atoms with Gasteiger partial charge in [-0.2, -0.15) is 0 Å². The van der Waals surface area contributed by atoms with E-state index in [2.05, 4.69) is 12.2 Å². The highest BCUT2D eigenvalue weighted by Crippen LogP contribution is 2.23. The molecule has 0 fully saturated rings. The van der Waals surface area contributed by atoms with Gasteiger partial charge in [-0.15, -0.1) is 0 Å². The lowest BCUT2D eigenvalue weighted by molar-refractivity contribution is 0.0923. The molecule has 17 heavy (non-hydrogen) atoms. The third kappa shape index (κ3) is 2.60. The van der Waals surface area contributed by atoms with Crippen LogP contribution in [0.5, 0.6) is 5.75 Å². The van der Waals surface area contributed by atoms with Crippen LogP contribution < -0.4 is 10.1 Å². The maximum atomic E-state index is 11.9. The monoisotopic (exact) mass is 233 g/mol. The number of nitrogens with one attached hydrogen (secondary N) is 1. The SMILES string of the molecule is CCC1Cc2ccc(OC(C)C)cc2C(=O)N1. The Morgan fingerprint density at radius 3 is 2.88 bits per heavy atom. The Labute approximate surface area is 102 Å². The van der Waals surface area contributed by atoms with Gasteiger partial charge >= 0.3 is 0 Å². The first kappa shape index (κ1) is 12.0. The summed E-state index contributed by atoms with van der Waals surface area (Å²) in [6.45, 7) is 6.05. The van der Waals surface area contributed by atoms with Crippen molar-refractivity contribution in [3.8, 4) is 5.75 Å². The number of hydrogen-bond donors (Lipinski definition) is 1. The van der Waals surface area contributed by atoms with Gasteiger partial charge in [0.2, 0.25) is 0 Å². The quantitative estimate of drug-likeness (QED) is 0.871. The highest BCUT2D eigenvalue weighted by atomic mass is 16.5. The fourth-order valence-electron chi connectivity index (χ4n) is 2.12. The first-order chi connectivity index (χ1) is 8.10. The van der Waals surface area contributed by atoms with Crippen LogP contribution in [-0.2, 0) is 6.42 Å². The van der Waals surface area contributed by atoms with Gasteiger partial charge in [0.15, 0.2) is 0 Å². The molecular formula is C14H19NO2. The second-order valence-corrected chi connectivity index (χ2v) is 4.77. The number of hydrogen-bond acceptors (Lipinski definition) is 2. The minimum Gasteiger partial charge on any atom is -0.491 e. The molecule has 0 saturated carbocycles. The fourth-order valence-corrected chi connectivity index (χ4v) is 2.12. The average Bonchev–Trinajstić information content (AvgIpc) is 2.29. The Kier molecular flexibility index (Phi) is 3.36. The smallest absolute Gasteiger partial charge is 0.251 e. The lowest BCUT2D eigenvalue weighted by Gasteiger charge is -2.25. The van der Waals surface area contributed by atoms with Crippen molar-refractivity contribution in [1.82, 2.24) is 5.32 Å². The second kappa shape index (κ2) is 4.78. The summed E-state index contributed by atoms with van der Waals surface area (Å²) in [5, 5.41) is 3.01. The van der Waals surface area contributed by atoms with E-state index in [9.17, 15) is 4.79 Å². The zero-order chi connectivity index (χ0) is 12.4. The summed E-state index contributed by atoms with van der Waals surface area (Å²) >= 11 is 0. The van der Waals surface area contributed by atoms with E-state index in [4.69, 9.17) is 4.74 Å². The number of carbonyl (C=O) groups is 1. The highest BCUT2D eigenvalue weighted by Gasteiger charge is 2.23. The maximum Gasteiger partial charge on any atom is 0.251 e. The van der Waals surface area contributed by atoms with Gasteiger partial charge in [-0.25, -0.2) is 0 Å². The van der Waals surface area contributed by atoms with Crippen LogP contribution in [0.1, 0.15) is 43.1 Å². The molecule has 0 radical (unpaired) electrons. The Hall–Kier alpha value is -1.51. The Morgan fingerprint density at radius 1 is 1.47 bits per heavy atom. The van der Waals surface area contributed by atoms with Crippen molar-refractivity contribution in [3.05, 3.63) is 29.3 Å². The Morgan fingerprint density at radius 2 is 2.24 bits per heavy atom. The molecule has 0 spiro atoms. The van der Waals surface area contributed by atoms with Crippen LogP contribution in [0.15, 0.2) is 18.2 Å². The summed E-state index contributed by atoms with van der Waals surface area (Å²) in [7, 11) is 0. The van der Waals surface area contributed by atoms with Crippen molar-refractivity contribution in [2.45, 2.75) is 45.8 Å². The summed E-state index contributed by atoms with van der Waals surface area (Å²) < 4.78 is 5.60. The van der Waals surface area contributed by atoms with Gasteiger partial charge in [-0.3, -0.25) is 4.79 Å². The van der Waals surface area contributed by atoms with Crippen LogP contribution in [-0.4, -0.2) is 18.1 Å². The lowest BCUT2D eigenvalue weighted by Crippen LogP contribution is -2.40. The predicted octanol–water partition coefficient (Wildman–Crippen LogP) is 2.54. The summed E-state index contributed by atoms with van der Waals surface area (Å²) in [6, 6.07) is 6.07. The average molecular weight is 233 g/mol. The standard InChI is InChI=1S/C14H19NO2/c1-4-11-7-10-5-6-12(17-9(2)3)8-13(10)14(16)15-11/h5-6,8-9,11H,4,7H2,1-3H3,(H,15,16). The molecular weight excluding hydrogens is 214 g/mol. The highest BCUT2D eigenvalue weighted by molar-refractivity contribution is 5.97. The van der Waals surface area contributed by atoms with Crippen LogP contribution in [0.25, 0.3) is 0 Å². The van der Waals surface area contributed by atoms with Gasteiger partial charge in [0.25, 0.3) is 5.91 Å². The third-order valence-electron chi connectivity index (χ3n) is 2.99. The topological polar surface area (TPSA) is 38.3 Å². The minimum absolute atomic E-state index is 0.0207. The molecule has 0 aromatic heterocycles. The molecule has 0 bridgehead atoms. The van der Waals surface area contributed by atoms with Gasteiger partial charge in [0.1, 0.15) is 5.75 Å². The summed E-state index contributed by atoms with van der Waals surface area (Å²) in [4.78, 5) is 11.9. The molecule has 1 heterocycles. The van der Waals surface area contributed by atoms with Crippen LogP contribution in [0.3, 0.4) is 0 Å². The minimum atomic E-state index is 0.0207. The molecule has 1 aromatic carbocycles. The van der Waals surface area contributed by atoms with Gasteiger partial charge in [-0.1, -0.05) is 13.0 Å². The van der Waals surface area contributed by atoms with E-state index in [1.807, 2.05) is 32.0 Å². The van der Waals surface area contributed by atoms with E-state index >= 15 is 0 Å². The Bertz CT molecular complexity index is 426. The molecule has 0 aliphatic carbocycles. The molecule has 1 amide bonds. The zero-order valence-electron chi connectivity index (χ0n) is 10.6. The van der Waals surface area contributed by atoms with Crippen molar-refractivity contribution in [2.75, 3.05) is 0 Å². The van der Waals surface area contributed by atoms with Crippen molar-refractivity contribution in [2.24, 2.45) is 0 Å². The van der Waals surface area contributed by atoms with E-state index in [0.29, 0.717) is 0 Å². The number of fused-ring (bicyclic) bond motifs is 1. The van der Waals surface area contributed by atoms with Crippen molar-refractivity contribution >= 4 is 5.91 Å². The normalized spacial score (nSPS) is 18.8. The summed E-state index contributed by atoms with van der Waals surface area (Å²) in [5.74, 6) is 0.788. The molecule has 1 aromatic rings. The van der Waals surface area contributed by atoms with Crippen LogP contribution >= 0.6 is 0 Å². The second-order valence-electron chi connectivity index (χ2n) is 4.77. The van der Waals surface area contributed by atoms with E-state index < -0.39 is 0 Å². The number of benzene rings is 1. The molecule has 1 aliphatic heterocycles. The molecule has 3 nitrogen and oxygen atoms in total. The number of amides is 1. The van der Waals surface area contributed by atoms with Crippen LogP contribution in [0.2, 0.25) is 0 Å². The summed E-state index contributed by atoms with van der Waals surface area (Å²) in [5.41, 5.74) is 1.88. The van der Waals surface area contributed by atoms with Crippen LogP contribution in [0, 0.1) is 0 Å². The van der Waals surface area contributed by atoms with Gasteiger partial charge in [-0.05, 0) is 44.4 Å². The molecule has 92 valence electrons. The molecule has 2 rings (SSSR count). The molecule has 1 atom stereocenters. The van der Waals surface area contributed by atoms with E-state index in [-0.39, 0.29) is 18.1 Å². The van der Waals surface area contributed by atoms with E-state index in [0.717, 1.165) is 29.7 Å². The molecule has 1 aliphatic rings. The van der Waals surface area contributed by atoms with Gasteiger partial charge in [0.05, 0.1) is 6.10 Å². The molecule has 1 unspecified atom stereocenters. The Balaban J connectivity index is 2.27. The predicted molar refractivity (Wildman–Crippen MR) is 67.5 cm³/mol. The van der Waals surface area contributed by atoms with Crippen molar-refractivity contribution in [1.29, 1.82) is 0 Å². The van der Waals surface area contributed by atoms with E-state index in [1.54, 1.807) is 0 Å². The van der Waals surface area contributed by atoms with Gasteiger partial charge < -0.3 is 10.1 Å². The van der Waals surface area contributed by atoms with Crippen molar-refractivity contribution < 1.29 is 9.53 Å². The largest absolute Gasteiger partial charge is 0.491 e. The molecule has 3 heteroatoms. The number of ether oxygens (including phenoxy) is 1. The third-order valence-corrected chi connectivity index (χ3v) is 2.99. The molecule has 1 N–H and O–H groups in total.